The number of ether oxygens (including phenoxy) is 1. The van der Waals surface area contributed by atoms with E-state index in [2.05, 4.69) is 9.97 Å². The number of alkyl halides is 3. The molecule has 0 fully saturated rings. The molecule has 124 valence electrons. The van der Waals surface area contributed by atoms with E-state index in [1.807, 2.05) is 0 Å². The van der Waals surface area contributed by atoms with Crippen molar-refractivity contribution >= 4 is 16.7 Å². The summed E-state index contributed by atoms with van der Waals surface area (Å²) in [6, 6.07) is 6.11. The Bertz CT molecular complexity index is 935. The molecule has 0 bridgehead atoms. The number of carboxylic acids is 1. The summed E-state index contributed by atoms with van der Waals surface area (Å²) in [7, 11) is 1.40. The summed E-state index contributed by atoms with van der Waals surface area (Å²) in [5, 5.41) is 9.90. The lowest BCUT2D eigenvalue weighted by Crippen LogP contribution is -2.22. The molecule has 0 spiro atoms. The maximum absolute atomic E-state index is 13.4. The lowest BCUT2D eigenvalue weighted by molar-refractivity contribution is -0.203. The van der Waals surface area contributed by atoms with Gasteiger partial charge in [-0.1, -0.05) is 12.1 Å². The highest BCUT2D eigenvalue weighted by Gasteiger charge is 2.38. The van der Waals surface area contributed by atoms with Crippen molar-refractivity contribution in [2.24, 2.45) is 0 Å². The largest absolute Gasteiger partial charge is 0.490 e. The van der Waals surface area contributed by atoms with Crippen LogP contribution in [-0.4, -0.2) is 32.7 Å². The average Bonchev–Trinajstić information content (AvgIpc) is 2.99. The molecule has 3 rings (SSSR count). The number of hydrogen-bond acceptors (Lipinski definition) is 4. The number of carboxylic acid groups (broad SMARTS) is 1. The quantitative estimate of drug-likeness (QED) is 0.794. The summed E-state index contributed by atoms with van der Waals surface area (Å²) < 4.78 is 44.9. The van der Waals surface area contributed by atoms with Gasteiger partial charge in [-0.3, -0.25) is 0 Å². The van der Waals surface area contributed by atoms with E-state index < -0.39 is 23.8 Å². The van der Waals surface area contributed by atoms with Gasteiger partial charge in [-0.25, -0.2) is 19.3 Å². The van der Waals surface area contributed by atoms with Crippen LogP contribution in [0.3, 0.4) is 0 Å². The minimum atomic E-state index is -4.93. The van der Waals surface area contributed by atoms with Crippen LogP contribution in [0.2, 0.25) is 0 Å². The highest BCUT2D eigenvalue weighted by atomic mass is 19.4. The summed E-state index contributed by atoms with van der Waals surface area (Å²) >= 11 is 0. The van der Waals surface area contributed by atoms with Crippen molar-refractivity contribution in [3.63, 3.8) is 0 Å². The molecule has 2 aromatic heterocycles. The van der Waals surface area contributed by atoms with Crippen LogP contribution in [0.4, 0.5) is 13.2 Å². The number of nitrogens with zero attached hydrogens (tertiary/aromatic N) is 3. The number of aromatic nitrogens is 3. The Kier molecular flexibility index (Phi) is 3.63. The molecular weight excluding hydrogens is 327 g/mol. The van der Waals surface area contributed by atoms with E-state index in [-0.39, 0.29) is 16.0 Å². The van der Waals surface area contributed by atoms with E-state index in [4.69, 9.17) is 9.84 Å². The Morgan fingerprint density at radius 2 is 1.96 bits per heavy atom. The van der Waals surface area contributed by atoms with E-state index in [9.17, 15) is 18.0 Å². The molecule has 24 heavy (non-hydrogen) atoms. The minimum Gasteiger partial charge on any atom is -0.481 e. The van der Waals surface area contributed by atoms with Crippen LogP contribution < -0.4 is 4.74 Å². The second kappa shape index (κ2) is 5.52. The molecule has 0 radical (unpaired) electrons. The summed E-state index contributed by atoms with van der Waals surface area (Å²) in [5.41, 5.74) is -0.839. The summed E-state index contributed by atoms with van der Waals surface area (Å²) in [6.07, 6.45) is -2.86. The van der Waals surface area contributed by atoms with Gasteiger partial charge in [-0.05, 0) is 17.5 Å². The van der Waals surface area contributed by atoms with Gasteiger partial charge >= 0.3 is 12.3 Å². The summed E-state index contributed by atoms with van der Waals surface area (Å²) in [6.45, 7) is 0. The number of carbonyl (C=O) groups is 1. The Morgan fingerprint density at radius 1 is 1.21 bits per heavy atom. The van der Waals surface area contributed by atoms with Crippen LogP contribution in [0.25, 0.3) is 22.2 Å². The van der Waals surface area contributed by atoms with E-state index >= 15 is 0 Å². The summed E-state index contributed by atoms with van der Waals surface area (Å²) in [5.74, 6) is -1.98. The SMILES string of the molecule is COc1nccc2c(-c3ncc(C(=O)O)n3C(F)(F)F)cccc12. The fourth-order valence-corrected chi connectivity index (χ4v) is 2.49. The zero-order valence-corrected chi connectivity index (χ0v) is 12.2. The second-order valence-electron chi connectivity index (χ2n) is 4.80. The van der Waals surface area contributed by atoms with Crippen molar-refractivity contribution in [3.8, 4) is 17.3 Å². The number of hydrogen-bond donors (Lipinski definition) is 1. The van der Waals surface area contributed by atoms with Crippen molar-refractivity contribution in [2.45, 2.75) is 6.30 Å². The molecule has 0 aliphatic carbocycles. The van der Waals surface area contributed by atoms with Gasteiger partial charge in [-0.2, -0.15) is 0 Å². The van der Waals surface area contributed by atoms with Crippen molar-refractivity contribution in [2.75, 3.05) is 7.11 Å². The Hall–Kier alpha value is -3.10. The number of halogens is 3. The fraction of sp³-hybridized carbons (Fsp3) is 0.133. The van der Waals surface area contributed by atoms with Gasteiger partial charge in [0.15, 0.2) is 5.69 Å². The van der Waals surface area contributed by atoms with Gasteiger partial charge in [0.2, 0.25) is 5.88 Å². The molecule has 0 unspecified atom stereocenters. The van der Waals surface area contributed by atoms with E-state index in [0.717, 1.165) is 0 Å². The van der Waals surface area contributed by atoms with Gasteiger partial charge in [-0.15, -0.1) is 13.2 Å². The number of fused-ring (bicyclic) bond motifs is 1. The fourth-order valence-electron chi connectivity index (χ4n) is 2.49. The molecule has 2 heterocycles. The van der Waals surface area contributed by atoms with Gasteiger partial charge < -0.3 is 9.84 Å². The zero-order valence-electron chi connectivity index (χ0n) is 12.2. The zero-order chi connectivity index (χ0) is 17.5. The lowest BCUT2D eigenvalue weighted by atomic mass is 10.1. The maximum atomic E-state index is 13.4. The molecule has 1 N–H and O–H groups in total. The monoisotopic (exact) mass is 337 g/mol. The highest BCUT2D eigenvalue weighted by Crippen LogP contribution is 2.36. The molecule has 0 saturated carbocycles. The molecule has 0 atom stereocenters. The molecule has 0 amide bonds. The molecule has 0 aliphatic heterocycles. The first kappa shape index (κ1) is 15.8. The van der Waals surface area contributed by atoms with E-state index in [0.29, 0.717) is 17.0 Å². The van der Waals surface area contributed by atoms with Crippen LogP contribution in [0.15, 0.2) is 36.7 Å². The maximum Gasteiger partial charge on any atom is 0.490 e. The van der Waals surface area contributed by atoms with E-state index in [1.54, 1.807) is 6.07 Å². The van der Waals surface area contributed by atoms with Gasteiger partial charge in [0.25, 0.3) is 0 Å². The highest BCUT2D eigenvalue weighted by molar-refractivity contribution is 5.98. The molecule has 0 aliphatic rings. The lowest BCUT2D eigenvalue weighted by Gasteiger charge is -2.15. The third kappa shape index (κ3) is 2.43. The van der Waals surface area contributed by atoms with Crippen LogP contribution in [0.5, 0.6) is 5.88 Å². The minimum absolute atomic E-state index is 0.123. The van der Waals surface area contributed by atoms with Gasteiger partial charge in [0.1, 0.15) is 5.82 Å². The third-order valence-electron chi connectivity index (χ3n) is 3.44. The molecule has 3 aromatic rings. The average molecular weight is 337 g/mol. The van der Waals surface area contributed by atoms with E-state index in [1.165, 1.54) is 31.5 Å². The summed E-state index contributed by atoms with van der Waals surface area (Å²) in [4.78, 5) is 18.8. The number of benzene rings is 1. The third-order valence-corrected chi connectivity index (χ3v) is 3.44. The van der Waals surface area contributed by atoms with Crippen LogP contribution in [-0.2, 0) is 6.30 Å². The Balaban J connectivity index is 2.35. The molecule has 6 nitrogen and oxygen atoms in total. The van der Waals surface area contributed by atoms with Crippen molar-refractivity contribution in [1.29, 1.82) is 0 Å². The topological polar surface area (TPSA) is 77.2 Å². The number of methoxy groups -OCH3 is 1. The second-order valence-corrected chi connectivity index (χ2v) is 4.80. The Labute approximate surface area is 133 Å². The first-order chi connectivity index (χ1) is 11.3. The van der Waals surface area contributed by atoms with Crippen molar-refractivity contribution < 1.29 is 27.8 Å². The van der Waals surface area contributed by atoms with Gasteiger partial charge in [0, 0.05) is 17.1 Å². The van der Waals surface area contributed by atoms with Crippen LogP contribution >= 0.6 is 0 Å². The Morgan fingerprint density at radius 3 is 2.58 bits per heavy atom. The first-order valence-corrected chi connectivity index (χ1v) is 6.65. The van der Waals surface area contributed by atoms with Crippen LogP contribution in [0.1, 0.15) is 10.5 Å². The molecule has 0 saturated heterocycles. The predicted octanol–water partition coefficient (Wildman–Crippen LogP) is 3.28. The van der Waals surface area contributed by atoms with Crippen molar-refractivity contribution in [1.82, 2.24) is 14.5 Å². The molecule has 1 aromatic carbocycles. The van der Waals surface area contributed by atoms with Gasteiger partial charge in [0.05, 0.1) is 13.3 Å². The van der Waals surface area contributed by atoms with Crippen molar-refractivity contribution in [3.05, 3.63) is 42.4 Å². The number of pyridine rings is 1. The molecular formula is C15H10F3N3O3. The number of aromatic carboxylic acids is 1. The van der Waals surface area contributed by atoms with Crippen LogP contribution in [0, 0.1) is 0 Å². The number of rotatable bonds is 3. The first-order valence-electron chi connectivity index (χ1n) is 6.65. The smallest absolute Gasteiger partial charge is 0.481 e. The molecule has 9 heteroatoms. The standard InChI is InChI=1S/C15H10F3N3O3/c1-24-13-10-4-2-3-9(8(10)5-6-19-13)12-20-7-11(14(22)23)21(12)15(16,17)18/h2-7H,1H3,(H,22,23). The number of imidazole rings is 1. The normalized spacial score (nSPS) is 11.7. The predicted molar refractivity (Wildman–Crippen MR) is 77.8 cm³/mol.